The van der Waals surface area contributed by atoms with Crippen LogP contribution in [0.4, 0.5) is 0 Å². The number of hydrogen-bond acceptors (Lipinski definition) is 7. The Morgan fingerprint density at radius 2 is 1.77 bits per heavy atom. The summed E-state index contributed by atoms with van der Waals surface area (Å²) in [7, 11) is 3.56. The van der Waals surface area contributed by atoms with Crippen molar-refractivity contribution in [2.75, 3.05) is 14.2 Å². The molecule has 0 saturated carbocycles. The van der Waals surface area contributed by atoms with Crippen LogP contribution >= 0.6 is 0 Å². The monoisotopic (exact) mass is 600 g/mol. The van der Waals surface area contributed by atoms with Crippen molar-refractivity contribution < 1.29 is 19.4 Å². The maximum absolute atomic E-state index is 12.0. The van der Waals surface area contributed by atoms with Gasteiger partial charge in [-0.25, -0.2) is 4.79 Å². The van der Waals surface area contributed by atoms with Gasteiger partial charge in [0.15, 0.2) is 0 Å². The van der Waals surface area contributed by atoms with E-state index >= 15 is 0 Å². The zero-order valence-corrected chi connectivity index (χ0v) is 26.6. The normalized spacial score (nSPS) is 18.4. The van der Waals surface area contributed by atoms with Crippen molar-refractivity contribution in [2.45, 2.75) is 53.1 Å². The van der Waals surface area contributed by atoms with E-state index in [2.05, 4.69) is 16.6 Å². The number of likely N-dealkylation sites (N-methyl/N-ethyl adjacent to an activating group) is 1. The van der Waals surface area contributed by atoms with Gasteiger partial charge in [-0.1, -0.05) is 83.2 Å². The molecule has 0 aliphatic carbocycles. The third-order valence-electron chi connectivity index (χ3n) is 7.06. The Morgan fingerprint density at radius 3 is 2.41 bits per heavy atom. The number of carboxylic acids is 1. The summed E-state index contributed by atoms with van der Waals surface area (Å²) in [5, 5.41) is 17.7. The third-order valence-corrected chi connectivity index (χ3v) is 7.06. The van der Waals surface area contributed by atoms with Crippen LogP contribution in [0.15, 0.2) is 107 Å². The predicted octanol–water partition coefficient (Wildman–Crippen LogP) is 6.70. The zero-order chi connectivity index (χ0) is 32.8. The zero-order valence-electron chi connectivity index (χ0n) is 26.6. The van der Waals surface area contributed by atoms with E-state index in [0.29, 0.717) is 12.1 Å². The van der Waals surface area contributed by atoms with E-state index in [1.807, 2.05) is 100 Å². The average molecular weight is 601 g/mol. The number of carbonyl (C=O) groups is 2. The molecule has 9 heteroatoms. The van der Waals surface area contributed by atoms with E-state index < -0.39 is 23.8 Å². The molecular formula is C35H44N4O5. The highest BCUT2D eigenvalue weighted by Gasteiger charge is 2.28. The van der Waals surface area contributed by atoms with E-state index in [4.69, 9.17) is 10.5 Å². The molecule has 0 spiro atoms. The van der Waals surface area contributed by atoms with Gasteiger partial charge in [0.05, 0.1) is 42.1 Å². The summed E-state index contributed by atoms with van der Waals surface area (Å²) in [6, 6.07) is 11.3. The number of dihydropyridines is 1. The lowest BCUT2D eigenvalue weighted by molar-refractivity contribution is -0.132. The molecule has 2 aromatic rings. The average Bonchev–Trinajstić information content (AvgIpc) is 3.07. The molecule has 4 rings (SSSR count). The molecule has 0 fully saturated rings. The second-order valence-corrected chi connectivity index (χ2v) is 9.60. The number of nitrogens with two attached hydrogens (primary N) is 1. The Bertz CT molecular complexity index is 1520. The molecule has 2 aliphatic rings. The number of carbonyl (C=O) groups excluding carboxylic acids is 1. The Labute approximate surface area is 260 Å². The highest BCUT2D eigenvalue weighted by Crippen LogP contribution is 2.29. The number of fused-ring (bicyclic) bond motifs is 1. The SMILES string of the molecule is CC.CC.CCC(/C=C(\N)C1=CC(C(=O)O)=CC(C2C=C(C=Cc3cccc4c(OC)cccc34)C=CN2C)N1)C(=O)N=O. The predicted molar refractivity (Wildman–Crippen MR) is 179 cm³/mol. The summed E-state index contributed by atoms with van der Waals surface area (Å²) < 4.78 is 5.51. The van der Waals surface area contributed by atoms with Gasteiger partial charge in [-0.2, -0.15) is 0 Å². The molecule has 2 aliphatic heterocycles. The van der Waals surface area contributed by atoms with E-state index in [1.165, 1.54) is 12.2 Å². The fraction of sp³-hybridized carbons (Fsp3) is 0.314. The molecule has 9 nitrogen and oxygen atoms in total. The fourth-order valence-corrected chi connectivity index (χ4v) is 4.84. The number of amides is 1. The molecule has 234 valence electrons. The lowest BCUT2D eigenvalue weighted by Crippen LogP contribution is -2.47. The molecule has 0 bridgehead atoms. The van der Waals surface area contributed by atoms with Crippen LogP contribution in [0.5, 0.6) is 5.75 Å². The first-order valence-corrected chi connectivity index (χ1v) is 14.9. The summed E-state index contributed by atoms with van der Waals surface area (Å²) in [5.41, 5.74) is 8.85. The van der Waals surface area contributed by atoms with Gasteiger partial charge >= 0.3 is 5.97 Å². The van der Waals surface area contributed by atoms with Gasteiger partial charge < -0.3 is 25.8 Å². The summed E-state index contributed by atoms with van der Waals surface area (Å²) in [6.07, 6.45) is 14.9. The maximum atomic E-state index is 12.0. The molecular weight excluding hydrogens is 556 g/mol. The minimum Gasteiger partial charge on any atom is -0.496 e. The first kappa shape index (κ1) is 35.3. The number of allylic oxidation sites excluding steroid dienone is 3. The molecule has 0 saturated heterocycles. The topological polar surface area (TPSA) is 134 Å². The number of carboxylic acid groups (broad SMARTS) is 1. The van der Waals surface area contributed by atoms with Crippen LogP contribution in [0.25, 0.3) is 16.8 Å². The van der Waals surface area contributed by atoms with Gasteiger partial charge in [0.1, 0.15) is 5.75 Å². The second-order valence-electron chi connectivity index (χ2n) is 9.60. The number of ether oxygens (including phenoxy) is 1. The molecule has 3 unspecified atom stereocenters. The molecule has 44 heavy (non-hydrogen) atoms. The molecule has 3 atom stereocenters. The standard InChI is InChI=1S/C31H32N4O5.2C2H6/c1-4-20(30(36)34-39)16-25(32)26-17-22(31(37)38)18-27(33-26)28-15-19(13-14-35(28)2)11-12-21-7-5-9-24-23(21)8-6-10-29(24)40-3;2*1-2/h5-18,20,27-28,33H,4,32H2,1-3H3,(H,37,38);2*1-2H3/b12-11?,25-16-;;. The molecule has 0 aromatic heterocycles. The molecule has 4 N–H and O–H groups in total. The van der Waals surface area contributed by atoms with Crippen molar-refractivity contribution in [1.29, 1.82) is 0 Å². The van der Waals surface area contributed by atoms with Crippen LogP contribution in [0.1, 0.15) is 46.6 Å². The first-order valence-electron chi connectivity index (χ1n) is 14.9. The smallest absolute Gasteiger partial charge is 0.335 e. The number of nitrogens with zero attached hydrogens (tertiary/aromatic N) is 2. The van der Waals surface area contributed by atoms with E-state index in [-0.39, 0.29) is 17.3 Å². The van der Waals surface area contributed by atoms with Crippen molar-refractivity contribution >= 4 is 28.7 Å². The largest absolute Gasteiger partial charge is 0.496 e. The lowest BCUT2D eigenvalue weighted by atomic mass is 9.94. The number of hydrogen-bond donors (Lipinski definition) is 3. The van der Waals surface area contributed by atoms with Crippen LogP contribution < -0.4 is 15.8 Å². The van der Waals surface area contributed by atoms with Crippen LogP contribution in [-0.4, -0.2) is 48.1 Å². The maximum Gasteiger partial charge on any atom is 0.335 e. The van der Waals surface area contributed by atoms with E-state index in [0.717, 1.165) is 27.7 Å². The van der Waals surface area contributed by atoms with Gasteiger partial charge in [-0.05, 0) is 59.5 Å². The van der Waals surface area contributed by atoms with Crippen molar-refractivity contribution in [3.63, 3.8) is 0 Å². The Balaban J connectivity index is 0.00000162. The van der Waals surface area contributed by atoms with E-state index in [1.54, 1.807) is 20.1 Å². The number of methoxy groups -OCH3 is 1. The second kappa shape index (κ2) is 17.3. The Kier molecular flexibility index (Phi) is 13.8. The van der Waals surface area contributed by atoms with Gasteiger partial charge in [0.25, 0.3) is 5.91 Å². The third kappa shape index (κ3) is 8.56. The highest BCUT2D eigenvalue weighted by molar-refractivity contribution is 5.95. The fourth-order valence-electron chi connectivity index (χ4n) is 4.84. The van der Waals surface area contributed by atoms with Crippen LogP contribution in [0, 0.1) is 10.8 Å². The molecule has 1 amide bonds. The molecule has 2 aromatic carbocycles. The summed E-state index contributed by atoms with van der Waals surface area (Å²) in [6.45, 7) is 9.74. The van der Waals surface area contributed by atoms with Gasteiger partial charge in [0.2, 0.25) is 0 Å². The lowest BCUT2D eigenvalue weighted by Gasteiger charge is -2.36. The molecule has 2 heterocycles. The number of aliphatic carboxylic acids is 1. The number of nitrogens with one attached hydrogen (secondary N) is 1. The van der Waals surface area contributed by atoms with E-state index in [9.17, 15) is 19.6 Å². The van der Waals surface area contributed by atoms with Crippen molar-refractivity contribution in [2.24, 2.45) is 16.8 Å². The van der Waals surface area contributed by atoms with Crippen LogP contribution in [0.3, 0.4) is 0 Å². The van der Waals surface area contributed by atoms with Crippen LogP contribution in [0.2, 0.25) is 0 Å². The highest BCUT2D eigenvalue weighted by atomic mass is 16.5. The quantitative estimate of drug-likeness (QED) is 0.271. The Morgan fingerprint density at radius 1 is 1.09 bits per heavy atom. The summed E-state index contributed by atoms with van der Waals surface area (Å²) in [4.78, 5) is 36.5. The van der Waals surface area contributed by atoms with Crippen molar-refractivity contribution in [1.82, 2.24) is 10.2 Å². The van der Waals surface area contributed by atoms with Gasteiger partial charge in [0, 0.05) is 17.6 Å². The van der Waals surface area contributed by atoms with Crippen molar-refractivity contribution in [3.8, 4) is 5.75 Å². The van der Waals surface area contributed by atoms with Gasteiger partial charge in [-0.15, -0.1) is 4.91 Å². The minimum absolute atomic E-state index is 0.0705. The number of benzene rings is 2. The number of nitroso groups, excluding NO2 is 1. The number of rotatable bonds is 9. The first-order chi connectivity index (χ1) is 21.2. The van der Waals surface area contributed by atoms with Gasteiger partial charge in [-0.3, -0.25) is 4.79 Å². The van der Waals surface area contributed by atoms with Crippen molar-refractivity contribution in [3.05, 3.63) is 112 Å². The molecule has 0 radical (unpaired) electrons. The minimum atomic E-state index is -1.10. The van der Waals surface area contributed by atoms with Crippen LogP contribution in [-0.2, 0) is 9.59 Å². The summed E-state index contributed by atoms with van der Waals surface area (Å²) in [5.74, 6) is -1.90. The summed E-state index contributed by atoms with van der Waals surface area (Å²) >= 11 is 0. The Hall–Kier alpha value is -4.92.